The van der Waals surface area contributed by atoms with Crippen LogP contribution in [0.4, 0.5) is 4.79 Å². The monoisotopic (exact) mass is 282 g/mol. The van der Waals surface area contributed by atoms with Gasteiger partial charge in [0.05, 0.1) is 0 Å². The van der Waals surface area contributed by atoms with E-state index in [1.165, 1.54) is 25.7 Å². The minimum absolute atomic E-state index is 0.0161. The zero-order valence-electron chi connectivity index (χ0n) is 12.4. The van der Waals surface area contributed by atoms with Crippen molar-refractivity contribution >= 4 is 12.0 Å². The molecule has 1 heterocycles. The standard InChI is InChI=1S/C15H26N2O3/c1-2-15(6-3-4-7-15)11-16-14(20)17-8-5-12(10-17)9-13(18)19/h12H,2-11H2,1H3,(H,16,20)(H,18,19). The van der Waals surface area contributed by atoms with Crippen molar-refractivity contribution in [3.63, 3.8) is 0 Å². The van der Waals surface area contributed by atoms with E-state index in [1.807, 2.05) is 0 Å². The normalized spacial score (nSPS) is 24.9. The van der Waals surface area contributed by atoms with Crippen molar-refractivity contribution in [3.05, 3.63) is 0 Å². The molecule has 2 aliphatic rings. The first-order valence-electron chi connectivity index (χ1n) is 7.79. The van der Waals surface area contributed by atoms with Crippen LogP contribution in [0.15, 0.2) is 0 Å². The lowest BCUT2D eigenvalue weighted by molar-refractivity contribution is -0.138. The van der Waals surface area contributed by atoms with Gasteiger partial charge in [0.25, 0.3) is 0 Å². The molecule has 2 amide bonds. The molecule has 1 saturated carbocycles. The molecule has 0 radical (unpaired) electrons. The number of nitrogens with one attached hydrogen (secondary N) is 1. The zero-order valence-corrected chi connectivity index (χ0v) is 12.4. The first-order valence-corrected chi connectivity index (χ1v) is 7.79. The summed E-state index contributed by atoms with van der Waals surface area (Å²) in [5.41, 5.74) is 0.301. The molecule has 20 heavy (non-hydrogen) atoms. The lowest BCUT2D eigenvalue weighted by Gasteiger charge is -2.29. The van der Waals surface area contributed by atoms with E-state index in [9.17, 15) is 9.59 Å². The number of carbonyl (C=O) groups is 2. The Bertz CT molecular complexity index is 364. The summed E-state index contributed by atoms with van der Waals surface area (Å²) in [4.78, 5) is 24.6. The van der Waals surface area contributed by atoms with Gasteiger partial charge in [0, 0.05) is 26.1 Å². The number of carboxylic acid groups (broad SMARTS) is 1. The Kier molecular flexibility index (Phi) is 4.89. The Morgan fingerprint density at radius 2 is 2.05 bits per heavy atom. The molecule has 1 atom stereocenters. The molecule has 0 aromatic carbocycles. The van der Waals surface area contributed by atoms with Crippen molar-refractivity contribution in [2.24, 2.45) is 11.3 Å². The molecule has 5 nitrogen and oxygen atoms in total. The maximum absolute atomic E-state index is 12.2. The Morgan fingerprint density at radius 3 is 2.65 bits per heavy atom. The summed E-state index contributed by atoms with van der Waals surface area (Å²) < 4.78 is 0. The number of hydrogen-bond acceptors (Lipinski definition) is 2. The van der Waals surface area contributed by atoms with Gasteiger partial charge in [-0.05, 0) is 37.0 Å². The summed E-state index contributed by atoms with van der Waals surface area (Å²) in [7, 11) is 0. The summed E-state index contributed by atoms with van der Waals surface area (Å²) >= 11 is 0. The van der Waals surface area contributed by atoms with Gasteiger partial charge in [-0.25, -0.2) is 4.79 Å². The van der Waals surface area contributed by atoms with E-state index in [0.29, 0.717) is 18.5 Å². The molecule has 1 unspecified atom stereocenters. The van der Waals surface area contributed by atoms with Crippen LogP contribution in [0.25, 0.3) is 0 Å². The van der Waals surface area contributed by atoms with Gasteiger partial charge in [0.1, 0.15) is 0 Å². The van der Waals surface area contributed by atoms with Crippen molar-refractivity contribution in [2.45, 2.75) is 51.9 Å². The minimum atomic E-state index is -0.770. The van der Waals surface area contributed by atoms with Crippen molar-refractivity contribution in [1.29, 1.82) is 0 Å². The van der Waals surface area contributed by atoms with Gasteiger partial charge >= 0.3 is 12.0 Å². The number of aliphatic carboxylic acids is 1. The van der Waals surface area contributed by atoms with E-state index in [2.05, 4.69) is 12.2 Å². The van der Waals surface area contributed by atoms with E-state index < -0.39 is 5.97 Å². The van der Waals surface area contributed by atoms with Gasteiger partial charge in [-0.1, -0.05) is 19.8 Å². The third-order valence-corrected chi connectivity index (χ3v) is 5.07. The number of rotatable bonds is 5. The Labute approximate surface area is 120 Å². The van der Waals surface area contributed by atoms with Crippen LogP contribution in [0.1, 0.15) is 51.9 Å². The fourth-order valence-corrected chi connectivity index (χ4v) is 3.59. The highest BCUT2D eigenvalue weighted by molar-refractivity contribution is 5.74. The Hall–Kier alpha value is -1.26. The number of amides is 2. The molecule has 2 rings (SSSR count). The topological polar surface area (TPSA) is 69.6 Å². The largest absolute Gasteiger partial charge is 0.481 e. The molecule has 2 N–H and O–H groups in total. The second-order valence-electron chi connectivity index (χ2n) is 6.42. The molecule has 0 aromatic heterocycles. The Morgan fingerprint density at radius 1 is 1.35 bits per heavy atom. The lowest BCUT2D eigenvalue weighted by atomic mass is 9.83. The number of likely N-dealkylation sites (tertiary alicyclic amines) is 1. The van der Waals surface area contributed by atoms with Gasteiger partial charge in [0.15, 0.2) is 0 Å². The van der Waals surface area contributed by atoms with E-state index in [4.69, 9.17) is 5.11 Å². The average molecular weight is 282 g/mol. The Balaban J connectivity index is 1.76. The third kappa shape index (κ3) is 3.64. The maximum Gasteiger partial charge on any atom is 0.317 e. The summed E-state index contributed by atoms with van der Waals surface area (Å²) in [6.45, 7) is 4.23. The van der Waals surface area contributed by atoms with Crippen LogP contribution in [-0.4, -0.2) is 41.6 Å². The molecule has 114 valence electrons. The highest BCUT2D eigenvalue weighted by atomic mass is 16.4. The molecule has 1 saturated heterocycles. The molecule has 0 aromatic rings. The second-order valence-corrected chi connectivity index (χ2v) is 6.42. The molecular formula is C15H26N2O3. The highest BCUT2D eigenvalue weighted by Gasteiger charge is 2.33. The van der Waals surface area contributed by atoms with Crippen LogP contribution in [0.3, 0.4) is 0 Å². The van der Waals surface area contributed by atoms with Crippen molar-refractivity contribution < 1.29 is 14.7 Å². The van der Waals surface area contributed by atoms with Crippen molar-refractivity contribution in [3.8, 4) is 0 Å². The van der Waals surface area contributed by atoms with Crippen LogP contribution in [0, 0.1) is 11.3 Å². The van der Waals surface area contributed by atoms with Crippen LogP contribution in [-0.2, 0) is 4.79 Å². The summed E-state index contributed by atoms with van der Waals surface area (Å²) in [6, 6.07) is -0.0161. The van der Waals surface area contributed by atoms with Gasteiger partial charge in [0.2, 0.25) is 0 Å². The third-order valence-electron chi connectivity index (χ3n) is 5.07. The maximum atomic E-state index is 12.2. The van der Waals surface area contributed by atoms with Gasteiger partial charge < -0.3 is 15.3 Å². The number of hydrogen-bond donors (Lipinski definition) is 2. The lowest BCUT2D eigenvalue weighted by Crippen LogP contribution is -2.43. The number of urea groups is 1. The minimum Gasteiger partial charge on any atom is -0.481 e. The van der Waals surface area contributed by atoms with Crippen LogP contribution in [0.2, 0.25) is 0 Å². The molecule has 0 spiro atoms. The van der Waals surface area contributed by atoms with Gasteiger partial charge in [-0.2, -0.15) is 0 Å². The first kappa shape index (κ1) is 15.1. The average Bonchev–Trinajstić information content (AvgIpc) is 3.05. The number of nitrogens with zero attached hydrogens (tertiary/aromatic N) is 1. The summed E-state index contributed by atoms with van der Waals surface area (Å²) in [5.74, 6) is -0.655. The molecule has 0 bridgehead atoms. The highest BCUT2D eigenvalue weighted by Crippen LogP contribution is 2.40. The van der Waals surface area contributed by atoms with Crippen LogP contribution in [0.5, 0.6) is 0 Å². The van der Waals surface area contributed by atoms with E-state index in [0.717, 1.165) is 19.4 Å². The van der Waals surface area contributed by atoms with Crippen LogP contribution >= 0.6 is 0 Å². The SMILES string of the molecule is CCC1(CNC(=O)N2CCC(CC(=O)O)C2)CCCC1. The predicted octanol–water partition coefficient (Wildman–Crippen LogP) is 2.46. The van der Waals surface area contributed by atoms with Crippen molar-refractivity contribution in [1.82, 2.24) is 10.2 Å². The van der Waals surface area contributed by atoms with Crippen LogP contribution < -0.4 is 5.32 Å². The van der Waals surface area contributed by atoms with Crippen molar-refractivity contribution in [2.75, 3.05) is 19.6 Å². The quantitative estimate of drug-likeness (QED) is 0.814. The molecule has 1 aliphatic carbocycles. The number of carboxylic acids is 1. The smallest absolute Gasteiger partial charge is 0.317 e. The predicted molar refractivity (Wildman–Crippen MR) is 76.5 cm³/mol. The fourth-order valence-electron chi connectivity index (χ4n) is 3.59. The van der Waals surface area contributed by atoms with Gasteiger partial charge in [-0.15, -0.1) is 0 Å². The fraction of sp³-hybridized carbons (Fsp3) is 0.867. The zero-order chi connectivity index (χ0) is 14.6. The number of carbonyl (C=O) groups excluding carboxylic acids is 1. The van der Waals surface area contributed by atoms with E-state index >= 15 is 0 Å². The van der Waals surface area contributed by atoms with E-state index in [-0.39, 0.29) is 18.4 Å². The summed E-state index contributed by atoms with van der Waals surface area (Å²) in [5, 5.41) is 11.9. The van der Waals surface area contributed by atoms with E-state index in [1.54, 1.807) is 4.90 Å². The molecule has 5 heteroatoms. The molecular weight excluding hydrogens is 256 g/mol. The summed E-state index contributed by atoms with van der Waals surface area (Å²) in [6.07, 6.45) is 7.06. The molecule has 2 fully saturated rings. The van der Waals surface area contributed by atoms with Gasteiger partial charge in [-0.3, -0.25) is 4.79 Å². The second kappa shape index (κ2) is 6.46. The first-order chi connectivity index (χ1) is 9.54. The molecule has 1 aliphatic heterocycles.